The molecule has 1 heterocycles. The first-order valence-electron chi connectivity index (χ1n) is 7.06. The molecular weight excluding hydrogens is 250 g/mol. The normalized spacial score (nSPS) is 11.2. The molecule has 0 fully saturated rings. The van der Waals surface area contributed by atoms with E-state index < -0.39 is 0 Å². The van der Waals surface area contributed by atoms with E-state index in [1.165, 1.54) is 0 Å². The molecule has 2 aromatic rings. The van der Waals surface area contributed by atoms with Gasteiger partial charge in [0.2, 0.25) is 0 Å². The summed E-state index contributed by atoms with van der Waals surface area (Å²) in [6.07, 6.45) is 4.12. The molecule has 0 radical (unpaired) electrons. The number of nitrogens with one attached hydrogen (secondary N) is 1. The zero-order valence-corrected chi connectivity index (χ0v) is 12.5. The van der Waals surface area contributed by atoms with Crippen LogP contribution >= 0.6 is 0 Å². The van der Waals surface area contributed by atoms with Crippen molar-refractivity contribution in [1.29, 1.82) is 0 Å². The van der Waals surface area contributed by atoms with Crippen LogP contribution in [0.2, 0.25) is 0 Å². The van der Waals surface area contributed by atoms with Gasteiger partial charge in [0.25, 0.3) is 5.91 Å². The number of amides is 1. The molecule has 0 saturated carbocycles. The minimum Gasteiger partial charge on any atom is -0.352 e. The van der Waals surface area contributed by atoms with E-state index in [0.29, 0.717) is 0 Å². The molecule has 0 atom stereocenters. The van der Waals surface area contributed by atoms with Crippen LogP contribution in [0.3, 0.4) is 0 Å². The summed E-state index contributed by atoms with van der Waals surface area (Å²) in [6.45, 7) is 1.80. The summed E-state index contributed by atoms with van der Waals surface area (Å²) in [6, 6.07) is 7.86. The average Bonchev–Trinajstić information content (AvgIpc) is 2.79. The van der Waals surface area contributed by atoms with Crippen LogP contribution in [-0.4, -0.2) is 42.6 Å². The monoisotopic (exact) mass is 273 g/mol. The van der Waals surface area contributed by atoms with Crippen molar-refractivity contribution in [2.75, 3.05) is 27.2 Å². The Kier molecular flexibility index (Phi) is 4.79. The van der Waals surface area contributed by atoms with Crippen LogP contribution in [0.1, 0.15) is 23.2 Å². The molecule has 0 unspecified atom stereocenters. The molecule has 0 aliphatic rings. The Balaban J connectivity index is 1.87. The number of unbranched alkanes of at least 4 members (excludes halogenated alkanes) is 1. The van der Waals surface area contributed by atoms with Crippen LogP contribution in [0.25, 0.3) is 10.9 Å². The highest BCUT2D eigenvalue weighted by Crippen LogP contribution is 2.16. The van der Waals surface area contributed by atoms with Gasteiger partial charge in [-0.25, -0.2) is 0 Å². The molecule has 1 amide bonds. The standard InChI is InChI=1S/C16H23N3O/c1-18(2)10-5-4-9-17-16(20)14-6-7-15-13(12-14)8-11-19(15)3/h6-8,11-12H,4-5,9-10H2,1-3H3,(H,17,20). The third kappa shape index (κ3) is 3.61. The molecule has 1 aromatic carbocycles. The van der Waals surface area contributed by atoms with Crippen LogP contribution in [0, 0.1) is 0 Å². The van der Waals surface area contributed by atoms with Crippen molar-refractivity contribution in [1.82, 2.24) is 14.8 Å². The van der Waals surface area contributed by atoms with Crippen molar-refractivity contribution in [2.45, 2.75) is 12.8 Å². The Morgan fingerprint density at radius 3 is 2.80 bits per heavy atom. The predicted molar refractivity (Wildman–Crippen MR) is 83.0 cm³/mol. The molecule has 0 bridgehead atoms. The SMILES string of the molecule is CN(C)CCCCNC(=O)c1ccc2c(ccn2C)c1. The molecule has 4 heteroatoms. The number of benzene rings is 1. The van der Waals surface area contributed by atoms with Gasteiger partial charge in [-0.2, -0.15) is 0 Å². The highest BCUT2D eigenvalue weighted by atomic mass is 16.1. The molecule has 0 aliphatic heterocycles. The van der Waals surface area contributed by atoms with E-state index in [1.807, 2.05) is 37.5 Å². The van der Waals surface area contributed by atoms with Gasteiger partial charge in [0.05, 0.1) is 0 Å². The first kappa shape index (κ1) is 14.6. The lowest BCUT2D eigenvalue weighted by molar-refractivity contribution is 0.0953. The number of carbonyl (C=O) groups excluding carboxylic acids is 1. The number of carbonyl (C=O) groups is 1. The maximum atomic E-state index is 12.1. The van der Waals surface area contributed by atoms with Crippen molar-refractivity contribution in [3.8, 4) is 0 Å². The predicted octanol–water partition coefficient (Wildman–Crippen LogP) is 2.25. The van der Waals surface area contributed by atoms with Crippen molar-refractivity contribution in [3.63, 3.8) is 0 Å². The van der Waals surface area contributed by atoms with E-state index >= 15 is 0 Å². The van der Waals surface area contributed by atoms with Gasteiger partial charge in [-0.3, -0.25) is 4.79 Å². The molecule has 20 heavy (non-hydrogen) atoms. The van der Waals surface area contributed by atoms with E-state index in [-0.39, 0.29) is 5.91 Å². The fourth-order valence-corrected chi connectivity index (χ4v) is 2.28. The lowest BCUT2D eigenvalue weighted by Crippen LogP contribution is -2.25. The molecule has 0 aliphatic carbocycles. The fourth-order valence-electron chi connectivity index (χ4n) is 2.28. The molecule has 108 valence electrons. The summed E-state index contributed by atoms with van der Waals surface area (Å²) in [5, 5.41) is 4.08. The third-order valence-electron chi connectivity index (χ3n) is 3.47. The third-order valence-corrected chi connectivity index (χ3v) is 3.47. The second-order valence-electron chi connectivity index (χ2n) is 5.47. The minimum absolute atomic E-state index is 0.0145. The van der Waals surface area contributed by atoms with Gasteiger partial charge in [0.1, 0.15) is 0 Å². The molecule has 0 spiro atoms. The maximum absolute atomic E-state index is 12.1. The quantitative estimate of drug-likeness (QED) is 0.820. The van der Waals surface area contributed by atoms with Crippen molar-refractivity contribution in [3.05, 3.63) is 36.0 Å². The summed E-state index contributed by atoms with van der Waals surface area (Å²) in [4.78, 5) is 14.2. The van der Waals surface area contributed by atoms with Gasteiger partial charge >= 0.3 is 0 Å². The van der Waals surface area contributed by atoms with Gasteiger partial charge in [-0.05, 0) is 57.7 Å². The van der Waals surface area contributed by atoms with Crippen LogP contribution in [0.4, 0.5) is 0 Å². The summed E-state index contributed by atoms with van der Waals surface area (Å²) in [5.41, 5.74) is 1.88. The number of aromatic nitrogens is 1. The Bertz CT molecular complexity index is 586. The number of fused-ring (bicyclic) bond motifs is 1. The smallest absolute Gasteiger partial charge is 0.251 e. The Morgan fingerprint density at radius 2 is 2.05 bits per heavy atom. The van der Waals surface area contributed by atoms with E-state index in [4.69, 9.17) is 0 Å². The van der Waals surface area contributed by atoms with Crippen LogP contribution in [-0.2, 0) is 7.05 Å². The molecule has 1 N–H and O–H groups in total. The number of aryl methyl sites for hydroxylation is 1. The van der Waals surface area contributed by atoms with Crippen LogP contribution < -0.4 is 5.32 Å². The Hall–Kier alpha value is -1.81. The first-order chi connectivity index (χ1) is 9.58. The summed E-state index contributed by atoms with van der Waals surface area (Å²) < 4.78 is 2.05. The summed E-state index contributed by atoms with van der Waals surface area (Å²) >= 11 is 0. The van der Waals surface area contributed by atoms with Crippen LogP contribution in [0.5, 0.6) is 0 Å². The largest absolute Gasteiger partial charge is 0.352 e. The molecule has 1 aromatic heterocycles. The second-order valence-corrected chi connectivity index (χ2v) is 5.47. The minimum atomic E-state index is 0.0145. The summed E-state index contributed by atoms with van der Waals surface area (Å²) in [5.74, 6) is 0.0145. The van der Waals surface area contributed by atoms with E-state index in [1.54, 1.807) is 0 Å². The van der Waals surface area contributed by atoms with Gasteiger partial charge in [-0.15, -0.1) is 0 Å². The molecule has 0 saturated heterocycles. The molecule has 4 nitrogen and oxygen atoms in total. The zero-order chi connectivity index (χ0) is 14.5. The van der Waals surface area contributed by atoms with E-state index in [2.05, 4.69) is 28.9 Å². The van der Waals surface area contributed by atoms with E-state index in [0.717, 1.165) is 42.4 Å². The number of hydrogen-bond donors (Lipinski definition) is 1. The first-order valence-corrected chi connectivity index (χ1v) is 7.06. The average molecular weight is 273 g/mol. The summed E-state index contributed by atoms with van der Waals surface area (Å²) in [7, 11) is 6.13. The Morgan fingerprint density at radius 1 is 1.25 bits per heavy atom. The van der Waals surface area contributed by atoms with Gasteiger partial charge in [0, 0.05) is 36.3 Å². The highest BCUT2D eigenvalue weighted by molar-refractivity contribution is 5.98. The van der Waals surface area contributed by atoms with E-state index in [9.17, 15) is 4.79 Å². The van der Waals surface area contributed by atoms with Crippen molar-refractivity contribution < 1.29 is 4.79 Å². The number of rotatable bonds is 6. The van der Waals surface area contributed by atoms with Crippen LogP contribution in [0.15, 0.2) is 30.5 Å². The zero-order valence-electron chi connectivity index (χ0n) is 12.5. The second kappa shape index (κ2) is 6.57. The highest BCUT2D eigenvalue weighted by Gasteiger charge is 2.06. The number of hydrogen-bond acceptors (Lipinski definition) is 2. The maximum Gasteiger partial charge on any atom is 0.251 e. The topological polar surface area (TPSA) is 37.3 Å². The lowest BCUT2D eigenvalue weighted by Gasteiger charge is -2.09. The Labute approximate surface area is 120 Å². The van der Waals surface area contributed by atoms with Crippen molar-refractivity contribution >= 4 is 16.8 Å². The van der Waals surface area contributed by atoms with Gasteiger partial charge in [-0.1, -0.05) is 0 Å². The molecule has 2 rings (SSSR count). The fraction of sp³-hybridized carbons (Fsp3) is 0.438. The lowest BCUT2D eigenvalue weighted by atomic mass is 10.1. The van der Waals surface area contributed by atoms with Crippen molar-refractivity contribution in [2.24, 2.45) is 7.05 Å². The number of nitrogens with zero attached hydrogens (tertiary/aromatic N) is 2. The van der Waals surface area contributed by atoms with Gasteiger partial charge < -0.3 is 14.8 Å². The molecular formula is C16H23N3O. The van der Waals surface area contributed by atoms with Gasteiger partial charge in [0.15, 0.2) is 0 Å².